The van der Waals surface area contributed by atoms with Crippen LogP contribution in [0.2, 0.25) is 0 Å². The molecule has 1 amide bonds. The van der Waals surface area contributed by atoms with Gasteiger partial charge in [0.2, 0.25) is 0 Å². The van der Waals surface area contributed by atoms with E-state index in [9.17, 15) is 22.8 Å². The molecule has 0 spiro atoms. The number of rotatable bonds is 3. The highest BCUT2D eigenvalue weighted by Crippen LogP contribution is 2.30. The summed E-state index contributed by atoms with van der Waals surface area (Å²) in [5.74, 6) is -2.19. The summed E-state index contributed by atoms with van der Waals surface area (Å²) in [5.41, 5.74) is -1.54. The number of aromatic carboxylic acids is 1. The molecule has 0 aliphatic carbocycles. The van der Waals surface area contributed by atoms with Crippen LogP contribution in [0.5, 0.6) is 0 Å². The van der Waals surface area contributed by atoms with E-state index in [2.05, 4.69) is 10.3 Å². The number of carboxylic acids is 1. The number of carboxylic acid groups (broad SMARTS) is 1. The van der Waals surface area contributed by atoms with Crippen LogP contribution in [-0.2, 0) is 6.18 Å². The summed E-state index contributed by atoms with van der Waals surface area (Å²) in [6, 6.07) is 5.22. The van der Waals surface area contributed by atoms with Crippen LogP contribution in [0, 0.1) is 0 Å². The third kappa shape index (κ3) is 3.40. The Bertz CT molecular complexity index is 729. The number of carbonyl (C=O) groups is 2. The van der Waals surface area contributed by atoms with Gasteiger partial charge in [-0.3, -0.25) is 9.78 Å². The Kier molecular flexibility index (Phi) is 4.11. The Morgan fingerprint density at radius 1 is 1.14 bits per heavy atom. The first-order chi connectivity index (χ1) is 10.3. The van der Waals surface area contributed by atoms with Crippen molar-refractivity contribution in [3.05, 3.63) is 59.4 Å². The van der Waals surface area contributed by atoms with Gasteiger partial charge in [0, 0.05) is 18.1 Å². The molecule has 22 heavy (non-hydrogen) atoms. The zero-order valence-corrected chi connectivity index (χ0v) is 10.9. The average molecular weight is 310 g/mol. The van der Waals surface area contributed by atoms with E-state index < -0.39 is 23.6 Å². The third-order valence-corrected chi connectivity index (χ3v) is 2.74. The predicted molar refractivity (Wildman–Crippen MR) is 70.6 cm³/mol. The zero-order valence-electron chi connectivity index (χ0n) is 10.9. The van der Waals surface area contributed by atoms with Gasteiger partial charge in [0.25, 0.3) is 5.91 Å². The fourth-order valence-electron chi connectivity index (χ4n) is 1.73. The SMILES string of the molecule is O=C(O)c1cnccc1C(=O)Nc1cccc(C(F)(F)F)c1. The lowest BCUT2D eigenvalue weighted by molar-refractivity contribution is -0.137. The molecule has 0 unspecified atom stereocenters. The van der Waals surface area contributed by atoms with Gasteiger partial charge in [-0.25, -0.2) is 4.79 Å². The van der Waals surface area contributed by atoms with Gasteiger partial charge in [0.05, 0.1) is 16.7 Å². The predicted octanol–water partition coefficient (Wildman–Crippen LogP) is 3.05. The summed E-state index contributed by atoms with van der Waals surface area (Å²) in [6.07, 6.45) is -2.33. The third-order valence-electron chi connectivity index (χ3n) is 2.74. The average Bonchev–Trinajstić information content (AvgIpc) is 2.46. The largest absolute Gasteiger partial charge is 0.478 e. The summed E-state index contributed by atoms with van der Waals surface area (Å²) < 4.78 is 37.8. The number of aromatic nitrogens is 1. The van der Waals surface area contributed by atoms with Crippen molar-refractivity contribution >= 4 is 17.6 Å². The first-order valence-electron chi connectivity index (χ1n) is 5.95. The van der Waals surface area contributed by atoms with Crippen LogP contribution < -0.4 is 5.32 Å². The molecule has 0 radical (unpaired) electrons. The molecule has 1 heterocycles. The Morgan fingerprint density at radius 2 is 1.86 bits per heavy atom. The van der Waals surface area contributed by atoms with Crippen LogP contribution in [0.3, 0.4) is 0 Å². The topological polar surface area (TPSA) is 79.3 Å². The molecular weight excluding hydrogens is 301 g/mol. The summed E-state index contributed by atoms with van der Waals surface area (Å²) in [5, 5.41) is 11.2. The smallest absolute Gasteiger partial charge is 0.416 e. The van der Waals surface area contributed by atoms with E-state index in [1.807, 2.05) is 0 Å². The maximum Gasteiger partial charge on any atom is 0.416 e. The van der Waals surface area contributed by atoms with Gasteiger partial charge >= 0.3 is 12.1 Å². The Balaban J connectivity index is 2.29. The van der Waals surface area contributed by atoms with Gasteiger partial charge < -0.3 is 10.4 Å². The van der Waals surface area contributed by atoms with Crippen molar-refractivity contribution in [3.8, 4) is 0 Å². The monoisotopic (exact) mass is 310 g/mol. The van der Waals surface area contributed by atoms with Gasteiger partial charge in [-0.1, -0.05) is 6.07 Å². The van der Waals surface area contributed by atoms with Crippen LogP contribution in [0.15, 0.2) is 42.7 Å². The molecule has 0 atom stereocenters. The van der Waals surface area contributed by atoms with Gasteiger partial charge in [-0.2, -0.15) is 13.2 Å². The highest BCUT2D eigenvalue weighted by molar-refractivity contribution is 6.10. The fourth-order valence-corrected chi connectivity index (χ4v) is 1.73. The highest BCUT2D eigenvalue weighted by Gasteiger charge is 2.30. The van der Waals surface area contributed by atoms with Crippen LogP contribution in [-0.4, -0.2) is 22.0 Å². The van der Waals surface area contributed by atoms with Crippen LogP contribution >= 0.6 is 0 Å². The molecule has 1 aromatic heterocycles. The zero-order chi connectivity index (χ0) is 16.3. The molecule has 2 N–H and O–H groups in total. The summed E-state index contributed by atoms with van der Waals surface area (Å²) in [4.78, 5) is 26.6. The maximum absolute atomic E-state index is 12.6. The second-order valence-corrected chi connectivity index (χ2v) is 4.26. The summed E-state index contributed by atoms with van der Waals surface area (Å²) in [6.45, 7) is 0. The van der Waals surface area contributed by atoms with Crippen molar-refractivity contribution in [2.24, 2.45) is 0 Å². The number of pyridine rings is 1. The van der Waals surface area contributed by atoms with E-state index >= 15 is 0 Å². The molecule has 0 bridgehead atoms. The summed E-state index contributed by atoms with van der Waals surface area (Å²) >= 11 is 0. The maximum atomic E-state index is 12.6. The molecule has 5 nitrogen and oxygen atoms in total. The highest BCUT2D eigenvalue weighted by atomic mass is 19.4. The molecule has 0 saturated heterocycles. The first kappa shape index (κ1) is 15.5. The number of hydrogen-bond acceptors (Lipinski definition) is 3. The molecule has 0 fully saturated rings. The van der Waals surface area contributed by atoms with E-state index in [0.29, 0.717) is 0 Å². The molecule has 8 heteroatoms. The van der Waals surface area contributed by atoms with E-state index in [0.717, 1.165) is 24.4 Å². The van der Waals surface area contributed by atoms with E-state index in [-0.39, 0.29) is 16.8 Å². The van der Waals surface area contributed by atoms with Crippen molar-refractivity contribution in [1.29, 1.82) is 0 Å². The first-order valence-corrected chi connectivity index (χ1v) is 5.95. The quantitative estimate of drug-likeness (QED) is 0.913. The normalized spacial score (nSPS) is 11.0. The van der Waals surface area contributed by atoms with Crippen molar-refractivity contribution < 1.29 is 27.9 Å². The Labute approximate surface area is 122 Å². The van der Waals surface area contributed by atoms with Crippen molar-refractivity contribution in [1.82, 2.24) is 4.98 Å². The van der Waals surface area contributed by atoms with Crippen molar-refractivity contribution in [2.45, 2.75) is 6.18 Å². The molecule has 114 valence electrons. The van der Waals surface area contributed by atoms with Gasteiger partial charge in [0.15, 0.2) is 0 Å². The molecule has 1 aromatic carbocycles. The lowest BCUT2D eigenvalue weighted by atomic mass is 10.1. The number of carbonyl (C=O) groups excluding carboxylic acids is 1. The van der Waals surface area contributed by atoms with Gasteiger partial charge in [-0.05, 0) is 24.3 Å². The minimum Gasteiger partial charge on any atom is -0.478 e. The molecular formula is C14H9F3N2O3. The fraction of sp³-hybridized carbons (Fsp3) is 0.0714. The number of alkyl halides is 3. The number of anilines is 1. The number of amides is 1. The lowest BCUT2D eigenvalue weighted by Crippen LogP contribution is -2.17. The second kappa shape index (κ2) is 5.84. The van der Waals surface area contributed by atoms with Gasteiger partial charge in [0.1, 0.15) is 0 Å². The van der Waals surface area contributed by atoms with Crippen LogP contribution in [0.4, 0.5) is 18.9 Å². The Morgan fingerprint density at radius 3 is 2.50 bits per heavy atom. The van der Waals surface area contributed by atoms with E-state index in [1.165, 1.54) is 18.3 Å². The number of benzene rings is 1. The number of nitrogens with one attached hydrogen (secondary N) is 1. The minimum absolute atomic E-state index is 0.0898. The Hall–Kier alpha value is -2.90. The van der Waals surface area contributed by atoms with Gasteiger partial charge in [-0.15, -0.1) is 0 Å². The van der Waals surface area contributed by atoms with Crippen molar-refractivity contribution in [3.63, 3.8) is 0 Å². The number of halogens is 3. The standard InChI is InChI=1S/C14H9F3N2O3/c15-14(16,17)8-2-1-3-9(6-8)19-12(20)10-4-5-18-7-11(10)13(21)22/h1-7H,(H,19,20)(H,21,22). The van der Waals surface area contributed by atoms with Crippen LogP contribution in [0.1, 0.15) is 26.3 Å². The second-order valence-electron chi connectivity index (χ2n) is 4.26. The molecule has 0 saturated carbocycles. The van der Waals surface area contributed by atoms with E-state index in [4.69, 9.17) is 5.11 Å². The van der Waals surface area contributed by atoms with Crippen LogP contribution in [0.25, 0.3) is 0 Å². The summed E-state index contributed by atoms with van der Waals surface area (Å²) in [7, 11) is 0. The molecule has 0 aliphatic rings. The van der Waals surface area contributed by atoms with E-state index in [1.54, 1.807) is 0 Å². The molecule has 2 rings (SSSR count). The van der Waals surface area contributed by atoms with Crippen molar-refractivity contribution in [2.75, 3.05) is 5.32 Å². The number of nitrogens with zero attached hydrogens (tertiary/aromatic N) is 1. The molecule has 0 aliphatic heterocycles. The number of hydrogen-bond donors (Lipinski definition) is 2. The minimum atomic E-state index is -4.54. The molecule has 2 aromatic rings. The lowest BCUT2D eigenvalue weighted by Gasteiger charge is -2.10.